The molecule has 0 radical (unpaired) electrons. The topological polar surface area (TPSA) is 64.3 Å². The summed E-state index contributed by atoms with van der Waals surface area (Å²) in [5, 5.41) is 2.92. The van der Waals surface area contributed by atoms with E-state index >= 15 is 0 Å². The van der Waals surface area contributed by atoms with Crippen LogP contribution < -0.4 is 15.8 Å². The molecule has 0 bridgehead atoms. The van der Waals surface area contributed by atoms with Gasteiger partial charge >= 0.3 is 0 Å². The van der Waals surface area contributed by atoms with Crippen LogP contribution in [0.5, 0.6) is 5.75 Å². The molecule has 2 aromatic carbocycles. The number of rotatable bonds is 4. The minimum atomic E-state index is -1.27. The number of nitrogens with two attached hydrogens (primary N) is 1. The summed E-state index contributed by atoms with van der Waals surface area (Å²) >= 11 is 2.21. The van der Waals surface area contributed by atoms with Crippen LogP contribution >= 0.6 is 22.6 Å². The number of ether oxygens (including phenoxy) is 1. The summed E-state index contributed by atoms with van der Waals surface area (Å²) in [5.41, 5.74) is 6.76. The second-order valence-corrected chi connectivity index (χ2v) is 6.46. The van der Waals surface area contributed by atoms with E-state index in [0.717, 1.165) is 27.0 Å². The summed E-state index contributed by atoms with van der Waals surface area (Å²) in [6, 6.07) is 10.4. The molecule has 4 nitrogen and oxygen atoms in total. The molecule has 0 aliphatic carbocycles. The number of anilines is 1. The van der Waals surface area contributed by atoms with Crippen LogP contribution in [0.4, 0.5) is 14.5 Å². The molecule has 1 atom stereocenters. The fourth-order valence-corrected chi connectivity index (χ4v) is 2.67. The van der Waals surface area contributed by atoms with Gasteiger partial charge in [0.2, 0.25) is 5.82 Å². The zero-order chi connectivity index (χ0) is 18.6. The van der Waals surface area contributed by atoms with E-state index in [1.807, 2.05) is 25.1 Å². The van der Waals surface area contributed by atoms with E-state index in [2.05, 4.69) is 39.9 Å². The third-order valence-electron chi connectivity index (χ3n) is 3.27. The Morgan fingerprint density at radius 1 is 1.32 bits per heavy atom. The maximum atomic E-state index is 13.9. The first-order chi connectivity index (χ1) is 11.8. The van der Waals surface area contributed by atoms with E-state index in [1.165, 1.54) is 0 Å². The number of benzene rings is 2. The zero-order valence-electron chi connectivity index (χ0n) is 13.5. The van der Waals surface area contributed by atoms with E-state index < -0.39 is 29.4 Å². The molecule has 1 amide bonds. The number of amides is 1. The molecule has 0 saturated carbocycles. The fraction of sp³-hybridized carbons (Fsp3) is 0.167. The molecule has 0 aliphatic rings. The predicted molar refractivity (Wildman–Crippen MR) is 100 cm³/mol. The number of hydrogen-bond acceptors (Lipinski definition) is 3. The van der Waals surface area contributed by atoms with Crippen molar-refractivity contribution in [2.75, 3.05) is 5.32 Å². The van der Waals surface area contributed by atoms with Gasteiger partial charge in [-0.15, -0.1) is 0 Å². The van der Waals surface area contributed by atoms with Gasteiger partial charge in [-0.05, 0) is 78.3 Å². The first kappa shape index (κ1) is 19.0. The third kappa shape index (κ3) is 4.82. The lowest BCUT2D eigenvalue weighted by molar-refractivity contribution is 0.0994. The molecular weight excluding hydrogens is 441 g/mol. The Morgan fingerprint density at radius 2 is 2.04 bits per heavy atom. The molecule has 3 N–H and O–H groups in total. The average molecular weight is 456 g/mol. The summed E-state index contributed by atoms with van der Waals surface area (Å²) in [6.07, 6.45) is -0.800. The molecule has 2 aromatic rings. The maximum Gasteiger partial charge on any atom is 0.252 e. The van der Waals surface area contributed by atoms with Gasteiger partial charge in [0.05, 0.1) is 5.56 Å². The maximum absolute atomic E-state index is 13.9. The molecule has 7 heteroatoms. The average Bonchev–Trinajstić information content (AvgIpc) is 2.53. The Morgan fingerprint density at radius 3 is 2.68 bits per heavy atom. The number of nitrogens with one attached hydrogen (secondary N) is 1. The Balaban J connectivity index is 2.15. The molecule has 0 spiro atoms. The second-order valence-electron chi connectivity index (χ2n) is 5.22. The van der Waals surface area contributed by atoms with Gasteiger partial charge in [0.15, 0.2) is 17.7 Å². The van der Waals surface area contributed by atoms with Crippen molar-refractivity contribution in [1.82, 2.24) is 0 Å². The smallest absolute Gasteiger partial charge is 0.252 e. The van der Waals surface area contributed by atoms with Gasteiger partial charge < -0.3 is 15.8 Å². The van der Waals surface area contributed by atoms with Crippen LogP contribution in [-0.4, -0.2) is 12.0 Å². The first-order valence-electron chi connectivity index (χ1n) is 7.26. The van der Waals surface area contributed by atoms with Crippen molar-refractivity contribution in [1.29, 1.82) is 0 Å². The molecule has 0 aliphatic heterocycles. The number of halogens is 3. The van der Waals surface area contributed by atoms with Crippen molar-refractivity contribution in [2.24, 2.45) is 5.73 Å². The summed E-state index contributed by atoms with van der Waals surface area (Å²) < 4.78 is 33.6. The Hall–Kier alpha value is -2.34. The highest BCUT2D eigenvalue weighted by Gasteiger charge is 2.20. The molecule has 0 aromatic heterocycles. The van der Waals surface area contributed by atoms with Gasteiger partial charge in [-0.3, -0.25) is 4.79 Å². The molecule has 2 rings (SSSR count). The largest absolute Gasteiger partial charge is 0.474 e. The Labute approximate surface area is 157 Å². The lowest BCUT2D eigenvalue weighted by atomic mass is 10.1. The van der Waals surface area contributed by atoms with Gasteiger partial charge in [0.25, 0.3) is 5.91 Å². The van der Waals surface area contributed by atoms with Crippen molar-refractivity contribution in [3.05, 3.63) is 56.7 Å². The third-order valence-corrected chi connectivity index (χ3v) is 3.94. The minimum Gasteiger partial charge on any atom is -0.474 e. The standard InChI is InChI=1S/C18H15F2IN2O2/c1-10-9-12(21)3-6-15(10)23-8-7-11(2)25-17-13(18(22)24)4-5-14(19)16(17)20/h3-6,9,11,23H,1-2H3,(H2,22,24). The highest BCUT2D eigenvalue weighted by Crippen LogP contribution is 2.26. The van der Waals surface area contributed by atoms with Crippen LogP contribution in [0.1, 0.15) is 22.8 Å². The number of primary amides is 1. The molecule has 25 heavy (non-hydrogen) atoms. The molecule has 0 saturated heterocycles. The highest BCUT2D eigenvalue weighted by atomic mass is 127. The SMILES string of the molecule is Cc1cc(I)ccc1NC#CC(C)Oc1c(C(N)=O)ccc(F)c1F. The molecule has 1 unspecified atom stereocenters. The van der Waals surface area contributed by atoms with E-state index in [1.54, 1.807) is 6.92 Å². The number of carbonyl (C=O) groups is 1. The van der Waals surface area contributed by atoms with Gasteiger partial charge in [-0.1, -0.05) is 0 Å². The zero-order valence-corrected chi connectivity index (χ0v) is 15.6. The Bertz CT molecular complexity index is 875. The van der Waals surface area contributed by atoms with Crippen LogP contribution in [0, 0.1) is 34.1 Å². The first-order valence-corrected chi connectivity index (χ1v) is 8.34. The van der Waals surface area contributed by atoms with Crippen molar-refractivity contribution in [3.63, 3.8) is 0 Å². The molecule has 0 fully saturated rings. The highest BCUT2D eigenvalue weighted by molar-refractivity contribution is 14.1. The van der Waals surface area contributed by atoms with E-state index in [-0.39, 0.29) is 5.56 Å². The normalized spacial score (nSPS) is 11.2. The van der Waals surface area contributed by atoms with Crippen LogP contribution in [0.15, 0.2) is 30.3 Å². The summed E-state index contributed by atoms with van der Waals surface area (Å²) in [4.78, 5) is 11.3. The summed E-state index contributed by atoms with van der Waals surface area (Å²) in [5.74, 6) is -1.15. The number of aryl methyl sites for hydroxylation is 1. The van der Waals surface area contributed by atoms with Crippen molar-refractivity contribution in [3.8, 4) is 17.7 Å². The lowest BCUT2D eigenvalue weighted by Gasteiger charge is -2.13. The van der Waals surface area contributed by atoms with Crippen molar-refractivity contribution < 1.29 is 18.3 Å². The van der Waals surface area contributed by atoms with E-state index in [9.17, 15) is 13.6 Å². The van der Waals surface area contributed by atoms with Crippen LogP contribution in [0.25, 0.3) is 0 Å². The number of carbonyl (C=O) groups excluding carboxylic acids is 1. The van der Waals surface area contributed by atoms with E-state index in [4.69, 9.17) is 10.5 Å². The molecule has 130 valence electrons. The van der Waals surface area contributed by atoms with Crippen LogP contribution in [0.3, 0.4) is 0 Å². The fourth-order valence-electron chi connectivity index (χ4n) is 2.02. The van der Waals surface area contributed by atoms with Gasteiger partial charge in [-0.25, -0.2) is 4.39 Å². The summed E-state index contributed by atoms with van der Waals surface area (Å²) in [6.45, 7) is 3.48. The van der Waals surface area contributed by atoms with Crippen LogP contribution in [-0.2, 0) is 0 Å². The molecule has 0 heterocycles. The van der Waals surface area contributed by atoms with Crippen molar-refractivity contribution in [2.45, 2.75) is 20.0 Å². The van der Waals surface area contributed by atoms with Gasteiger partial charge in [-0.2, -0.15) is 4.39 Å². The summed E-state index contributed by atoms with van der Waals surface area (Å²) in [7, 11) is 0. The van der Waals surface area contributed by atoms with Gasteiger partial charge in [0, 0.05) is 15.3 Å². The quantitative estimate of drug-likeness (QED) is 0.418. The second kappa shape index (κ2) is 8.16. The van der Waals surface area contributed by atoms with Gasteiger partial charge in [0.1, 0.15) is 0 Å². The number of hydrogen-bond donors (Lipinski definition) is 2. The predicted octanol–water partition coefficient (Wildman–Crippen LogP) is 3.82. The molecular formula is C18H15F2IN2O2. The van der Waals surface area contributed by atoms with E-state index in [0.29, 0.717) is 0 Å². The minimum absolute atomic E-state index is 0.242. The van der Waals surface area contributed by atoms with Crippen molar-refractivity contribution >= 4 is 34.2 Å². The lowest BCUT2D eigenvalue weighted by Crippen LogP contribution is -2.18. The Kier molecular flexibility index (Phi) is 6.20. The van der Waals surface area contributed by atoms with Crippen LogP contribution in [0.2, 0.25) is 0 Å². The monoisotopic (exact) mass is 456 g/mol.